The lowest BCUT2D eigenvalue weighted by Crippen LogP contribution is -2.14. The SMILES string of the molecule is CN(C)CC(=C=O)c1cccnc1. The van der Waals surface area contributed by atoms with E-state index in [0.29, 0.717) is 12.1 Å². The van der Waals surface area contributed by atoms with E-state index in [1.807, 2.05) is 37.1 Å². The van der Waals surface area contributed by atoms with E-state index in [-0.39, 0.29) is 0 Å². The van der Waals surface area contributed by atoms with Crippen LogP contribution in [0, 0.1) is 0 Å². The maximum absolute atomic E-state index is 10.6. The third kappa shape index (κ3) is 2.82. The second-order valence-corrected chi connectivity index (χ2v) is 3.06. The quantitative estimate of drug-likeness (QED) is 0.640. The van der Waals surface area contributed by atoms with Crippen LogP contribution in [0.15, 0.2) is 24.5 Å². The monoisotopic (exact) mass is 176 g/mol. The zero-order valence-corrected chi connectivity index (χ0v) is 7.82. The predicted molar refractivity (Wildman–Crippen MR) is 51.9 cm³/mol. The Hall–Kier alpha value is -1.44. The number of likely N-dealkylation sites (N-methyl/N-ethyl adjacent to an activating group) is 1. The maximum Gasteiger partial charge on any atom is 0.129 e. The highest BCUT2D eigenvalue weighted by molar-refractivity contribution is 5.88. The molecule has 3 nitrogen and oxygen atoms in total. The Labute approximate surface area is 77.7 Å². The van der Waals surface area contributed by atoms with Crippen molar-refractivity contribution in [3.63, 3.8) is 0 Å². The lowest BCUT2D eigenvalue weighted by Gasteiger charge is -2.09. The largest absolute Gasteiger partial charge is 0.304 e. The molecule has 3 heteroatoms. The van der Waals surface area contributed by atoms with Crippen LogP contribution in [0.2, 0.25) is 0 Å². The van der Waals surface area contributed by atoms with Gasteiger partial charge in [0.05, 0.1) is 5.57 Å². The van der Waals surface area contributed by atoms with Crippen molar-refractivity contribution in [2.75, 3.05) is 20.6 Å². The molecule has 0 bridgehead atoms. The summed E-state index contributed by atoms with van der Waals surface area (Å²) < 4.78 is 0. The highest BCUT2D eigenvalue weighted by Crippen LogP contribution is 2.09. The lowest BCUT2D eigenvalue weighted by atomic mass is 10.1. The summed E-state index contributed by atoms with van der Waals surface area (Å²) >= 11 is 0. The molecule has 1 aromatic rings. The summed E-state index contributed by atoms with van der Waals surface area (Å²) in [6, 6.07) is 3.67. The molecule has 13 heavy (non-hydrogen) atoms. The fourth-order valence-corrected chi connectivity index (χ4v) is 1.04. The Morgan fingerprint density at radius 1 is 1.62 bits per heavy atom. The van der Waals surface area contributed by atoms with Crippen LogP contribution in [-0.4, -0.2) is 36.5 Å². The Morgan fingerprint density at radius 3 is 2.85 bits per heavy atom. The molecule has 0 aromatic carbocycles. The Balaban J connectivity index is 2.87. The molecule has 0 aliphatic rings. The molecule has 0 spiro atoms. The number of carbonyl (C=O) groups excluding carboxylic acids is 1. The number of aromatic nitrogens is 1. The third-order valence-corrected chi connectivity index (χ3v) is 1.61. The minimum Gasteiger partial charge on any atom is -0.304 e. The summed E-state index contributed by atoms with van der Waals surface area (Å²) in [5, 5.41) is 0. The van der Waals surface area contributed by atoms with Gasteiger partial charge in [-0.05, 0) is 20.2 Å². The Kier molecular flexibility index (Phi) is 3.38. The average Bonchev–Trinajstić information content (AvgIpc) is 2.15. The van der Waals surface area contributed by atoms with Gasteiger partial charge in [0.1, 0.15) is 5.94 Å². The van der Waals surface area contributed by atoms with E-state index >= 15 is 0 Å². The molecule has 0 N–H and O–H groups in total. The zero-order valence-electron chi connectivity index (χ0n) is 7.82. The van der Waals surface area contributed by atoms with Gasteiger partial charge < -0.3 is 4.90 Å². The van der Waals surface area contributed by atoms with E-state index in [2.05, 4.69) is 4.98 Å². The van der Waals surface area contributed by atoms with Gasteiger partial charge in [-0.1, -0.05) is 6.07 Å². The predicted octanol–water partition coefficient (Wildman–Crippen LogP) is 0.858. The second kappa shape index (κ2) is 4.55. The van der Waals surface area contributed by atoms with Crippen molar-refractivity contribution in [1.29, 1.82) is 0 Å². The van der Waals surface area contributed by atoms with Gasteiger partial charge in [-0.3, -0.25) is 4.98 Å². The normalized spacial score (nSPS) is 9.77. The van der Waals surface area contributed by atoms with Gasteiger partial charge in [-0.25, -0.2) is 4.79 Å². The van der Waals surface area contributed by atoms with Gasteiger partial charge in [0.25, 0.3) is 0 Å². The first kappa shape index (κ1) is 9.65. The number of rotatable bonds is 3. The average molecular weight is 176 g/mol. The Bertz CT molecular complexity index is 313. The fraction of sp³-hybridized carbons (Fsp3) is 0.300. The van der Waals surface area contributed by atoms with Crippen LogP contribution in [0.25, 0.3) is 5.57 Å². The van der Waals surface area contributed by atoms with Crippen molar-refractivity contribution < 1.29 is 4.79 Å². The standard InChI is InChI=1S/C10H12N2O/c1-12(2)7-10(8-13)9-4-3-5-11-6-9/h3-6H,7H2,1-2H3. The molecule has 1 aromatic heterocycles. The molecule has 0 aliphatic heterocycles. The third-order valence-electron chi connectivity index (χ3n) is 1.61. The summed E-state index contributed by atoms with van der Waals surface area (Å²) in [4.78, 5) is 16.5. The van der Waals surface area contributed by atoms with E-state index < -0.39 is 0 Å². The summed E-state index contributed by atoms with van der Waals surface area (Å²) in [6.07, 6.45) is 3.35. The van der Waals surface area contributed by atoms with E-state index in [9.17, 15) is 4.79 Å². The molecule has 1 heterocycles. The van der Waals surface area contributed by atoms with E-state index in [0.717, 1.165) is 5.56 Å². The van der Waals surface area contributed by atoms with Crippen LogP contribution >= 0.6 is 0 Å². The van der Waals surface area contributed by atoms with Gasteiger partial charge in [-0.15, -0.1) is 0 Å². The minimum atomic E-state index is 0.592. The number of nitrogens with zero attached hydrogens (tertiary/aromatic N) is 2. The van der Waals surface area contributed by atoms with E-state index in [1.165, 1.54) is 0 Å². The first-order chi connectivity index (χ1) is 6.24. The molecule has 0 radical (unpaired) electrons. The number of pyridine rings is 1. The van der Waals surface area contributed by atoms with Crippen LogP contribution in [0.5, 0.6) is 0 Å². The molecule has 0 unspecified atom stereocenters. The first-order valence-electron chi connectivity index (χ1n) is 4.03. The Morgan fingerprint density at radius 2 is 2.38 bits per heavy atom. The number of hydrogen-bond donors (Lipinski definition) is 0. The van der Waals surface area contributed by atoms with Gasteiger partial charge in [0.15, 0.2) is 0 Å². The molecular formula is C10H12N2O. The number of hydrogen-bond acceptors (Lipinski definition) is 3. The minimum absolute atomic E-state index is 0.592. The molecule has 0 fully saturated rings. The van der Waals surface area contributed by atoms with Crippen LogP contribution in [-0.2, 0) is 4.79 Å². The molecule has 0 atom stereocenters. The van der Waals surface area contributed by atoms with Crippen molar-refractivity contribution in [3.8, 4) is 0 Å². The summed E-state index contributed by atoms with van der Waals surface area (Å²) in [5.41, 5.74) is 1.48. The molecule has 68 valence electrons. The molecule has 1 rings (SSSR count). The van der Waals surface area contributed by atoms with Crippen LogP contribution in [0.1, 0.15) is 5.56 Å². The first-order valence-corrected chi connectivity index (χ1v) is 4.03. The van der Waals surface area contributed by atoms with E-state index in [4.69, 9.17) is 0 Å². The highest BCUT2D eigenvalue weighted by Gasteiger charge is 2.03. The highest BCUT2D eigenvalue weighted by atomic mass is 16.1. The van der Waals surface area contributed by atoms with Crippen LogP contribution in [0.3, 0.4) is 0 Å². The molecule has 0 aliphatic carbocycles. The van der Waals surface area contributed by atoms with Gasteiger partial charge in [0, 0.05) is 24.5 Å². The molecular weight excluding hydrogens is 164 g/mol. The second-order valence-electron chi connectivity index (χ2n) is 3.06. The van der Waals surface area contributed by atoms with Crippen molar-refractivity contribution in [3.05, 3.63) is 30.1 Å². The topological polar surface area (TPSA) is 33.2 Å². The van der Waals surface area contributed by atoms with Crippen molar-refractivity contribution in [1.82, 2.24) is 9.88 Å². The summed E-state index contributed by atoms with van der Waals surface area (Å²) in [6.45, 7) is 0.592. The van der Waals surface area contributed by atoms with Crippen molar-refractivity contribution >= 4 is 11.5 Å². The summed E-state index contributed by atoms with van der Waals surface area (Å²) in [5.74, 6) is 1.93. The van der Waals surface area contributed by atoms with E-state index in [1.54, 1.807) is 12.4 Å². The molecule has 0 saturated carbocycles. The zero-order chi connectivity index (χ0) is 9.68. The van der Waals surface area contributed by atoms with Gasteiger partial charge in [0.2, 0.25) is 0 Å². The van der Waals surface area contributed by atoms with Gasteiger partial charge in [-0.2, -0.15) is 0 Å². The summed E-state index contributed by atoms with van der Waals surface area (Å²) in [7, 11) is 3.82. The lowest BCUT2D eigenvalue weighted by molar-refractivity contribution is 0.462. The molecule has 0 saturated heterocycles. The fourth-order valence-electron chi connectivity index (χ4n) is 1.04. The van der Waals surface area contributed by atoms with Crippen LogP contribution < -0.4 is 0 Å². The maximum atomic E-state index is 10.6. The van der Waals surface area contributed by atoms with Crippen molar-refractivity contribution in [2.24, 2.45) is 0 Å². The van der Waals surface area contributed by atoms with Gasteiger partial charge >= 0.3 is 0 Å². The smallest absolute Gasteiger partial charge is 0.129 e. The molecule has 0 amide bonds. The van der Waals surface area contributed by atoms with Crippen LogP contribution in [0.4, 0.5) is 0 Å². The van der Waals surface area contributed by atoms with Crippen molar-refractivity contribution in [2.45, 2.75) is 0 Å².